The second-order valence-corrected chi connectivity index (χ2v) is 5.98. The Balaban J connectivity index is 2.93. The lowest BCUT2D eigenvalue weighted by Crippen LogP contribution is -2.34. The molecule has 1 aromatic rings. The van der Waals surface area contributed by atoms with Gasteiger partial charge in [0, 0.05) is 19.1 Å². The molecule has 0 saturated heterocycles. The average Bonchev–Trinajstić information content (AvgIpc) is 2.41. The first-order chi connectivity index (χ1) is 9.90. The second-order valence-electron chi connectivity index (χ2n) is 5.98. The molecule has 0 bridgehead atoms. The van der Waals surface area contributed by atoms with Gasteiger partial charge in [0.15, 0.2) is 0 Å². The van der Waals surface area contributed by atoms with Gasteiger partial charge >= 0.3 is 0 Å². The predicted octanol–water partition coefficient (Wildman–Crippen LogP) is 4.34. The SMILES string of the molecule is CCC(C)N(CC)c1c(F)cc(CNCC(C)C)cc1F. The lowest BCUT2D eigenvalue weighted by Gasteiger charge is -2.30. The van der Waals surface area contributed by atoms with Crippen LogP contribution in [0.2, 0.25) is 0 Å². The molecule has 4 heteroatoms. The highest BCUT2D eigenvalue weighted by atomic mass is 19.1. The fraction of sp³-hybridized carbons (Fsp3) is 0.647. The van der Waals surface area contributed by atoms with E-state index in [0.717, 1.165) is 13.0 Å². The minimum atomic E-state index is -0.474. The topological polar surface area (TPSA) is 15.3 Å². The van der Waals surface area contributed by atoms with E-state index in [2.05, 4.69) is 19.2 Å². The Hall–Kier alpha value is -1.16. The fourth-order valence-corrected chi connectivity index (χ4v) is 2.41. The van der Waals surface area contributed by atoms with Crippen LogP contribution in [0.1, 0.15) is 46.6 Å². The van der Waals surface area contributed by atoms with Crippen molar-refractivity contribution in [2.24, 2.45) is 5.92 Å². The summed E-state index contributed by atoms with van der Waals surface area (Å²) in [6.45, 7) is 12.0. The lowest BCUT2D eigenvalue weighted by atomic mass is 10.1. The van der Waals surface area contributed by atoms with Crippen molar-refractivity contribution in [3.8, 4) is 0 Å². The molecule has 1 rings (SSSR count). The van der Waals surface area contributed by atoms with E-state index in [9.17, 15) is 8.78 Å². The zero-order valence-corrected chi connectivity index (χ0v) is 13.8. The molecule has 0 aliphatic heterocycles. The number of anilines is 1. The maximum absolute atomic E-state index is 14.3. The monoisotopic (exact) mass is 298 g/mol. The average molecular weight is 298 g/mol. The van der Waals surface area contributed by atoms with Crippen molar-refractivity contribution in [3.05, 3.63) is 29.3 Å². The van der Waals surface area contributed by atoms with E-state index in [1.807, 2.05) is 20.8 Å². The van der Waals surface area contributed by atoms with Gasteiger partial charge < -0.3 is 10.2 Å². The smallest absolute Gasteiger partial charge is 0.149 e. The molecule has 0 aliphatic carbocycles. The van der Waals surface area contributed by atoms with Gasteiger partial charge in [-0.15, -0.1) is 0 Å². The van der Waals surface area contributed by atoms with Gasteiger partial charge in [-0.05, 0) is 50.4 Å². The van der Waals surface area contributed by atoms with Crippen LogP contribution in [0.25, 0.3) is 0 Å². The van der Waals surface area contributed by atoms with Crippen LogP contribution in [0.5, 0.6) is 0 Å². The molecule has 1 unspecified atom stereocenters. The van der Waals surface area contributed by atoms with Crippen molar-refractivity contribution >= 4 is 5.69 Å². The summed E-state index contributed by atoms with van der Waals surface area (Å²) in [6, 6.07) is 3.00. The number of hydrogen-bond acceptors (Lipinski definition) is 2. The van der Waals surface area contributed by atoms with Crippen molar-refractivity contribution in [2.75, 3.05) is 18.0 Å². The Morgan fingerprint density at radius 1 is 1.10 bits per heavy atom. The van der Waals surface area contributed by atoms with Crippen molar-refractivity contribution in [1.29, 1.82) is 0 Å². The van der Waals surface area contributed by atoms with Crippen LogP contribution >= 0.6 is 0 Å². The van der Waals surface area contributed by atoms with Gasteiger partial charge in [0.25, 0.3) is 0 Å². The summed E-state index contributed by atoms with van der Waals surface area (Å²) in [6.07, 6.45) is 0.852. The maximum Gasteiger partial charge on any atom is 0.149 e. The number of nitrogens with zero attached hydrogens (tertiary/aromatic N) is 1. The van der Waals surface area contributed by atoms with Gasteiger partial charge in [-0.3, -0.25) is 0 Å². The largest absolute Gasteiger partial charge is 0.364 e. The van der Waals surface area contributed by atoms with E-state index in [-0.39, 0.29) is 11.7 Å². The number of rotatable bonds is 8. The summed E-state index contributed by atoms with van der Waals surface area (Å²) < 4.78 is 28.6. The second kappa shape index (κ2) is 8.32. The molecular weight excluding hydrogens is 270 g/mol. The number of hydrogen-bond donors (Lipinski definition) is 1. The van der Waals surface area contributed by atoms with E-state index in [0.29, 0.717) is 24.6 Å². The van der Waals surface area contributed by atoms with Crippen LogP contribution < -0.4 is 10.2 Å². The molecule has 120 valence electrons. The Morgan fingerprint density at radius 2 is 1.67 bits per heavy atom. The summed E-state index contributed by atoms with van der Waals surface area (Å²) in [4.78, 5) is 1.79. The number of halogens is 2. The van der Waals surface area contributed by atoms with Gasteiger partial charge in [-0.1, -0.05) is 20.8 Å². The molecule has 0 amide bonds. The summed E-state index contributed by atoms with van der Waals surface area (Å²) in [5.41, 5.74) is 0.745. The molecule has 1 N–H and O–H groups in total. The normalized spacial score (nSPS) is 12.8. The van der Waals surface area contributed by atoms with E-state index < -0.39 is 11.6 Å². The van der Waals surface area contributed by atoms with E-state index in [4.69, 9.17) is 0 Å². The Labute approximate surface area is 127 Å². The van der Waals surface area contributed by atoms with Gasteiger partial charge in [0.05, 0.1) is 0 Å². The highest BCUT2D eigenvalue weighted by molar-refractivity contribution is 5.51. The first kappa shape index (κ1) is 17.9. The fourth-order valence-electron chi connectivity index (χ4n) is 2.41. The maximum atomic E-state index is 14.3. The standard InChI is InChI=1S/C17H28F2N2/c1-6-13(5)21(7-2)17-15(18)8-14(9-16(17)19)11-20-10-12(3)4/h8-9,12-13,20H,6-7,10-11H2,1-5H3. The number of nitrogens with one attached hydrogen (secondary N) is 1. The third-order valence-electron chi connectivity index (χ3n) is 3.71. The van der Waals surface area contributed by atoms with Gasteiger partial charge in [0.1, 0.15) is 17.3 Å². The Morgan fingerprint density at radius 3 is 2.10 bits per heavy atom. The molecule has 0 fully saturated rings. The van der Waals surface area contributed by atoms with Crippen LogP contribution in [-0.4, -0.2) is 19.1 Å². The molecule has 0 aromatic heterocycles. The third-order valence-corrected chi connectivity index (χ3v) is 3.71. The summed E-state index contributed by atoms with van der Waals surface area (Å²) in [5.74, 6) is -0.433. The molecule has 0 aliphatic rings. The van der Waals surface area contributed by atoms with Crippen molar-refractivity contribution < 1.29 is 8.78 Å². The van der Waals surface area contributed by atoms with Gasteiger partial charge in [-0.25, -0.2) is 8.78 Å². The molecule has 21 heavy (non-hydrogen) atoms. The molecule has 2 nitrogen and oxygen atoms in total. The Bertz CT molecular complexity index is 423. The highest BCUT2D eigenvalue weighted by Gasteiger charge is 2.20. The van der Waals surface area contributed by atoms with E-state index in [1.54, 1.807) is 4.90 Å². The number of benzene rings is 1. The molecule has 1 aromatic carbocycles. The van der Waals surface area contributed by atoms with Crippen molar-refractivity contribution in [1.82, 2.24) is 5.32 Å². The lowest BCUT2D eigenvalue weighted by molar-refractivity contribution is 0.531. The van der Waals surface area contributed by atoms with E-state index in [1.165, 1.54) is 12.1 Å². The molecule has 1 atom stereocenters. The van der Waals surface area contributed by atoms with Gasteiger partial charge in [-0.2, -0.15) is 0 Å². The Kier molecular flexibility index (Phi) is 7.09. The molecule has 0 heterocycles. The van der Waals surface area contributed by atoms with Crippen LogP contribution in [0.3, 0.4) is 0 Å². The van der Waals surface area contributed by atoms with Crippen LogP contribution in [0, 0.1) is 17.6 Å². The first-order valence-corrected chi connectivity index (χ1v) is 7.85. The third kappa shape index (κ3) is 4.95. The predicted molar refractivity (Wildman–Crippen MR) is 85.7 cm³/mol. The van der Waals surface area contributed by atoms with Gasteiger partial charge in [0.2, 0.25) is 0 Å². The minimum Gasteiger partial charge on any atom is -0.364 e. The zero-order valence-electron chi connectivity index (χ0n) is 13.8. The van der Waals surface area contributed by atoms with E-state index >= 15 is 0 Å². The summed E-state index contributed by atoms with van der Waals surface area (Å²) in [7, 11) is 0. The first-order valence-electron chi connectivity index (χ1n) is 7.85. The molecular formula is C17H28F2N2. The zero-order chi connectivity index (χ0) is 16.0. The van der Waals surface area contributed by atoms with Crippen molar-refractivity contribution in [3.63, 3.8) is 0 Å². The minimum absolute atomic E-state index is 0.0967. The highest BCUT2D eigenvalue weighted by Crippen LogP contribution is 2.27. The van der Waals surface area contributed by atoms with Crippen LogP contribution in [0.15, 0.2) is 12.1 Å². The van der Waals surface area contributed by atoms with Crippen LogP contribution in [0.4, 0.5) is 14.5 Å². The van der Waals surface area contributed by atoms with Crippen LogP contribution in [-0.2, 0) is 6.54 Å². The molecule has 0 radical (unpaired) electrons. The summed E-state index contributed by atoms with van der Waals surface area (Å²) >= 11 is 0. The molecule has 0 spiro atoms. The molecule has 0 saturated carbocycles. The van der Waals surface area contributed by atoms with Crippen molar-refractivity contribution in [2.45, 2.75) is 53.6 Å². The summed E-state index contributed by atoms with van der Waals surface area (Å²) in [5, 5.41) is 3.21. The quantitative estimate of drug-likeness (QED) is 0.768.